The predicted octanol–water partition coefficient (Wildman–Crippen LogP) is 2.84. The minimum absolute atomic E-state index is 0.0961. The van der Waals surface area contributed by atoms with Crippen LogP contribution in [0.5, 0.6) is 11.5 Å². The Bertz CT molecular complexity index is 963. The van der Waals surface area contributed by atoms with Gasteiger partial charge in [-0.1, -0.05) is 12.1 Å². The fourth-order valence-corrected chi connectivity index (χ4v) is 2.53. The van der Waals surface area contributed by atoms with E-state index in [1.807, 2.05) is 0 Å². The molecule has 0 atom stereocenters. The Labute approximate surface area is 149 Å². The molecule has 26 heavy (non-hydrogen) atoms. The first kappa shape index (κ1) is 19.1. The summed E-state index contributed by atoms with van der Waals surface area (Å²) in [6.45, 7) is 0. The van der Waals surface area contributed by atoms with E-state index >= 15 is 0 Å². The third-order valence-corrected chi connectivity index (χ3v) is 3.71. The van der Waals surface area contributed by atoms with E-state index in [-0.39, 0.29) is 23.0 Å². The number of nitro benzene ring substituents is 1. The molecule has 0 bridgehead atoms. The molecule has 0 saturated carbocycles. The van der Waals surface area contributed by atoms with Gasteiger partial charge in [-0.25, -0.2) is 0 Å². The number of carbonyl (C=O) groups is 1. The van der Waals surface area contributed by atoms with Gasteiger partial charge >= 0.3 is 15.8 Å². The zero-order valence-corrected chi connectivity index (χ0v) is 14.7. The van der Waals surface area contributed by atoms with Crippen LogP contribution in [-0.2, 0) is 10.1 Å². The number of hydrogen-bond acceptors (Lipinski definition) is 7. The van der Waals surface area contributed by atoms with Crippen LogP contribution in [0.4, 0.5) is 5.69 Å². The summed E-state index contributed by atoms with van der Waals surface area (Å²) in [6.07, 6.45) is 3.62. The van der Waals surface area contributed by atoms with Crippen LogP contribution in [0.2, 0.25) is 0 Å². The predicted molar refractivity (Wildman–Crippen MR) is 94.9 cm³/mol. The number of methoxy groups -OCH3 is 1. The SMILES string of the molecule is COc1ccc(C=CC(=O)c2ccc(OS(C)(=O)=O)cc2)cc1[N+](=O)[O-]. The Morgan fingerprint density at radius 3 is 2.35 bits per heavy atom. The van der Waals surface area contributed by atoms with Gasteiger partial charge in [-0.05, 0) is 42.0 Å². The first-order chi connectivity index (χ1) is 12.2. The first-order valence-corrected chi connectivity index (χ1v) is 9.05. The van der Waals surface area contributed by atoms with Crippen LogP contribution >= 0.6 is 0 Å². The van der Waals surface area contributed by atoms with Crippen LogP contribution in [0.25, 0.3) is 6.08 Å². The van der Waals surface area contributed by atoms with Gasteiger partial charge in [0.05, 0.1) is 18.3 Å². The Balaban J connectivity index is 2.16. The minimum Gasteiger partial charge on any atom is -0.490 e. The summed E-state index contributed by atoms with van der Waals surface area (Å²) in [6, 6.07) is 9.89. The molecule has 9 heteroatoms. The average Bonchev–Trinajstić information content (AvgIpc) is 2.58. The van der Waals surface area contributed by atoms with E-state index in [2.05, 4.69) is 0 Å². The summed E-state index contributed by atoms with van der Waals surface area (Å²) in [5.41, 5.74) is 0.567. The van der Waals surface area contributed by atoms with Gasteiger partial charge < -0.3 is 8.92 Å². The van der Waals surface area contributed by atoms with Gasteiger partial charge in [-0.3, -0.25) is 14.9 Å². The quantitative estimate of drug-likeness (QED) is 0.240. The molecule has 0 heterocycles. The molecule has 0 aliphatic heterocycles. The van der Waals surface area contributed by atoms with Gasteiger partial charge in [0.25, 0.3) is 0 Å². The molecule has 0 fully saturated rings. The van der Waals surface area contributed by atoms with Crippen molar-refractivity contribution in [1.29, 1.82) is 0 Å². The smallest absolute Gasteiger partial charge is 0.311 e. The molecule has 0 aliphatic rings. The van der Waals surface area contributed by atoms with Crippen LogP contribution in [0.15, 0.2) is 48.5 Å². The minimum atomic E-state index is -3.64. The molecule has 136 valence electrons. The molecule has 2 rings (SSSR count). The van der Waals surface area contributed by atoms with Gasteiger partial charge in [-0.2, -0.15) is 8.42 Å². The molecule has 0 N–H and O–H groups in total. The topological polar surface area (TPSA) is 113 Å². The van der Waals surface area contributed by atoms with E-state index in [1.54, 1.807) is 6.07 Å². The maximum Gasteiger partial charge on any atom is 0.311 e. The summed E-state index contributed by atoms with van der Waals surface area (Å²) in [7, 11) is -2.31. The number of benzene rings is 2. The van der Waals surface area contributed by atoms with Crippen LogP contribution < -0.4 is 8.92 Å². The fourth-order valence-electron chi connectivity index (χ4n) is 2.07. The molecular weight excluding hydrogens is 362 g/mol. The second-order valence-corrected chi connectivity index (χ2v) is 6.77. The van der Waals surface area contributed by atoms with Crippen LogP contribution in [0.1, 0.15) is 15.9 Å². The van der Waals surface area contributed by atoms with E-state index in [4.69, 9.17) is 8.92 Å². The van der Waals surface area contributed by atoms with Crippen molar-refractivity contribution in [3.8, 4) is 11.5 Å². The normalized spacial score (nSPS) is 11.3. The first-order valence-electron chi connectivity index (χ1n) is 7.24. The maximum absolute atomic E-state index is 12.2. The molecule has 0 aromatic heterocycles. The largest absolute Gasteiger partial charge is 0.490 e. The molecule has 0 radical (unpaired) electrons. The van der Waals surface area contributed by atoms with Gasteiger partial charge in [-0.15, -0.1) is 0 Å². The third kappa shape index (κ3) is 5.15. The highest BCUT2D eigenvalue weighted by molar-refractivity contribution is 7.86. The second-order valence-electron chi connectivity index (χ2n) is 5.20. The second kappa shape index (κ2) is 7.79. The number of nitro groups is 1. The Kier molecular flexibility index (Phi) is 5.73. The van der Waals surface area contributed by atoms with Crippen LogP contribution in [0.3, 0.4) is 0 Å². The molecule has 0 saturated heterocycles. The molecule has 8 nitrogen and oxygen atoms in total. The molecule has 0 unspecified atom stereocenters. The van der Waals surface area contributed by atoms with E-state index in [0.717, 1.165) is 6.26 Å². The summed E-state index contributed by atoms with van der Waals surface area (Å²) in [5, 5.41) is 11.0. The summed E-state index contributed by atoms with van der Waals surface area (Å²) in [4.78, 5) is 22.6. The van der Waals surface area contributed by atoms with E-state index in [1.165, 1.54) is 55.7 Å². The summed E-state index contributed by atoms with van der Waals surface area (Å²) < 4.78 is 31.7. The zero-order chi connectivity index (χ0) is 19.3. The van der Waals surface area contributed by atoms with Crippen molar-refractivity contribution < 1.29 is 27.1 Å². The van der Waals surface area contributed by atoms with Crippen molar-refractivity contribution in [3.63, 3.8) is 0 Å². The average molecular weight is 377 g/mol. The zero-order valence-electron chi connectivity index (χ0n) is 13.9. The van der Waals surface area contributed by atoms with E-state index in [0.29, 0.717) is 11.1 Å². The van der Waals surface area contributed by atoms with Crippen molar-refractivity contribution in [2.45, 2.75) is 0 Å². The van der Waals surface area contributed by atoms with Gasteiger partial charge in [0, 0.05) is 11.6 Å². The standard InChI is InChI=1S/C17H15NO7S/c1-24-17-10-4-12(11-15(17)18(20)21)3-9-16(19)13-5-7-14(8-6-13)25-26(2,22)23/h3-11H,1-2H3. The summed E-state index contributed by atoms with van der Waals surface area (Å²) in [5.74, 6) is -0.131. The number of nitrogens with zero attached hydrogens (tertiary/aromatic N) is 1. The number of carbonyl (C=O) groups excluding carboxylic acids is 1. The van der Waals surface area contributed by atoms with Crippen molar-refractivity contribution in [1.82, 2.24) is 0 Å². The lowest BCUT2D eigenvalue weighted by Gasteiger charge is -2.03. The Morgan fingerprint density at radius 1 is 1.15 bits per heavy atom. The molecule has 0 aliphatic carbocycles. The Morgan fingerprint density at radius 2 is 1.81 bits per heavy atom. The van der Waals surface area contributed by atoms with Crippen LogP contribution in [-0.4, -0.2) is 32.5 Å². The fraction of sp³-hybridized carbons (Fsp3) is 0.118. The van der Waals surface area contributed by atoms with Crippen molar-refractivity contribution >= 4 is 27.7 Å². The number of ether oxygens (including phenoxy) is 1. The number of rotatable bonds is 7. The van der Waals surface area contributed by atoms with Gasteiger partial charge in [0.1, 0.15) is 5.75 Å². The highest BCUT2D eigenvalue weighted by Crippen LogP contribution is 2.28. The molecule has 2 aromatic rings. The summed E-state index contributed by atoms with van der Waals surface area (Å²) >= 11 is 0. The highest BCUT2D eigenvalue weighted by atomic mass is 32.2. The van der Waals surface area contributed by atoms with Crippen molar-refractivity contribution in [3.05, 3.63) is 69.8 Å². The molecule has 0 spiro atoms. The molecule has 0 amide bonds. The highest BCUT2D eigenvalue weighted by Gasteiger charge is 2.14. The third-order valence-electron chi connectivity index (χ3n) is 3.21. The molecule has 2 aromatic carbocycles. The van der Waals surface area contributed by atoms with Crippen molar-refractivity contribution in [2.75, 3.05) is 13.4 Å². The van der Waals surface area contributed by atoms with Gasteiger partial charge in [0.15, 0.2) is 11.5 Å². The maximum atomic E-state index is 12.2. The monoisotopic (exact) mass is 377 g/mol. The number of allylic oxidation sites excluding steroid dienone is 1. The lowest BCUT2D eigenvalue weighted by molar-refractivity contribution is -0.385. The number of hydrogen-bond donors (Lipinski definition) is 0. The van der Waals surface area contributed by atoms with E-state index < -0.39 is 15.0 Å². The van der Waals surface area contributed by atoms with Crippen LogP contribution in [0, 0.1) is 10.1 Å². The van der Waals surface area contributed by atoms with Crippen molar-refractivity contribution in [2.24, 2.45) is 0 Å². The lowest BCUT2D eigenvalue weighted by atomic mass is 10.1. The Hall–Kier alpha value is -3.20. The lowest BCUT2D eigenvalue weighted by Crippen LogP contribution is -2.05. The van der Waals surface area contributed by atoms with E-state index in [9.17, 15) is 23.3 Å². The molecular formula is C17H15NO7S. The van der Waals surface area contributed by atoms with Gasteiger partial charge in [0.2, 0.25) is 0 Å². The number of ketones is 1.